The van der Waals surface area contributed by atoms with E-state index >= 15 is 0 Å². The second kappa shape index (κ2) is 4.74. The number of aromatic nitrogens is 3. The highest BCUT2D eigenvalue weighted by atomic mass is 19.1. The third-order valence-corrected chi connectivity index (χ3v) is 2.91. The molecule has 1 N–H and O–H groups in total. The predicted molar refractivity (Wildman–Crippen MR) is 71.1 cm³/mol. The first-order valence-corrected chi connectivity index (χ1v) is 6.16. The Kier molecular flexibility index (Phi) is 3.41. The van der Waals surface area contributed by atoms with Crippen molar-refractivity contribution < 1.29 is 9.50 Å². The van der Waals surface area contributed by atoms with Gasteiger partial charge in [0.25, 0.3) is 0 Å². The first kappa shape index (κ1) is 13.7. The van der Waals surface area contributed by atoms with Crippen molar-refractivity contribution in [2.75, 3.05) is 0 Å². The van der Waals surface area contributed by atoms with Crippen molar-refractivity contribution in [3.8, 4) is 11.4 Å². The summed E-state index contributed by atoms with van der Waals surface area (Å²) < 4.78 is 15.8. The summed E-state index contributed by atoms with van der Waals surface area (Å²) in [5, 5.41) is 17.3. The summed E-state index contributed by atoms with van der Waals surface area (Å²) >= 11 is 0. The highest BCUT2D eigenvalue weighted by Gasteiger charge is 2.24. The van der Waals surface area contributed by atoms with Gasteiger partial charge in [-0.15, -0.1) is 10.2 Å². The van der Waals surface area contributed by atoms with Gasteiger partial charge in [0.15, 0.2) is 11.6 Å². The molecule has 0 saturated heterocycles. The van der Waals surface area contributed by atoms with Crippen LogP contribution in [0.4, 0.5) is 4.39 Å². The number of aliphatic hydroxyl groups excluding tert-OH is 1. The number of aliphatic hydroxyl groups is 1. The Morgan fingerprint density at radius 1 is 1.26 bits per heavy atom. The molecule has 0 bridgehead atoms. The van der Waals surface area contributed by atoms with Crippen molar-refractivity contribution in [1.29, 1.82) is 0 Å². The van der Waals surface area contributed by atoms with E-state index in [-0.39, 0.29) is 18.0 Å². The minimum absolute atomic E-state index is 0.224. The van der Waals surface area contributed by atoms with Gasteiger partial charge in [0, 0.05) is 5.54 Å². The van der Waals surface area contributed by atoms with Crippen LogP contribution in [0.1, 0.15) is 32.2 Å². The quantitative estimate of drug-likeness (QED) is 0.906. The van der Waals surface area contributed by atoms with E-state index in [0.29, 0.717) is 17.2 Å². The van der Waals surface area contributed by atoms with E-state index in [9.17, 15) is 9.50 Å². The summed E-state index contributed by atoms with van der Waals surface area (Å²) in [6, 6.07) is 4.87. The maximum atomic E-state index is 14.0. The summed E-state index contributed by atoms with van der Waals surface area (Å²) in [6.45, 7) is 7.57. The van der Waals surface area contributed by atoms with E-state index < -0.39 is 0 Å². The van der Waals surface area contributed by atoms with E-state index in [1.54, 1.807) is 16.7 Å². The van der Waals surface area contributed by atoms with E-state index in [4.69, 9.17) is 0 Å². The molecule has 1 heterocycles. The van der Waals surface area contributed by atoms with Crippen LogP contribution in [0.5, 0.6) is 0 Å². The van der Waals surface area contributed by atoms with Gasteiger partial charge in [0.05, 0.1) is 5.56 Å². The van der Waals surface area contributed by atoms with Gasteiger partial charge in [0.2, 0.25) is 0 Å². The van der Waals surface area contributed by atoms with Crippen LogP contribution < -0.4 is 0 Å². The Bertz CT molecular complexity index is 599. The van der Waals surface area contributed by atoms with Gasteiger partial charge in [0.1, 0.15) is 12.4 Å². The van der Waals surface area contributed by atoms with Crippen molar-refractivity contribution in [1.82, 2.24) is 14.8 Å². The largest absolute Gasteiger partial charge is 0.388 e. The second-order valence-electron chi connectivity index (χ2n) is 5.59. The summed E-state index contributed by atoms with van der Waals surface area (Å²) in [4.78, 5) is 0. The predicted octanol–water partition coefficient (Wildman–Crippen LogP) is 2.64. The number of hydrogen-bond donors (Lipinski definition) is 1. The lowest BCUT2D eigenvalue weighted by atomic mass is 10.1. The summed E-state index contributed by atoms with van der Waals surface area (Å²) in [7, 11) is 0. The Balaban J connectivity index is 2.69. The molecule has 0 saturated carbocycles. The van der Waals surface area contributed by atoms with Crippen LogP contribution in [0.2, 0.25) is 0 Å². The number of benzene rings is 1. The first-order valence-electron chi connectivity index (χ1n) is 6.16. The fourth-order valence-corrected chi connectivity index (χ4v) is 2.11. The molecule has 2 rings (SSSR count). The van der Waals surface area contributed by atoms with Crippen LogP contribution in [0.3, 0.4) is 0 Å². The lowest BCUT2D eigenvalue weighted by Crippen LogP contribution is -2.25. The summed E-state index contributed by atoms with van der Waals surface area (Å²) in [5.41, 5.74) is 1.01. The fraction of sp³-hybridized carbons (Fsp3) is 0.429. The maximum Gasteiger partial charge on any atom is 0.167 e. The molecular formula is C14H18FN3O. The first-order chi connectivity index (χ1) is 8.84. The number of rotatable bonds is 2. The third kappa shape index (κ3) is 2.51. The van der Waals surface area contributed by atoms with Gasteiger partial charge in [-0.2, -0.15) is 0 Å². The molecule has 0 aliphatic rings. The smallest absolute Gasteiger partial charge is 0.167 e. The zero-order valence-electron chi connectivity index (χ0n) is 11.6. The van der Waals surface area contributed by atoms with Crippen LogP contribution >= 0.6 is 0 Å². The van der Waals surface area contributed by atoms with Gasteiger partial charge < -0.3 is 9.67 Å². The van der Waals surface area contributed by atoms with Crippen LogP contribution in [-0.4, -0.2) is 19.9 Å². The van der Waals surface area contributed by atoms with Crippen LogP contribution in [-0.2, 0) is 12.1 Å². The minimum Gasteiger partial charge on any atom is -0.388 e. The van der Waals surface area contributed by atoms with Crippen LogP contribution in [0, 0.1) is 12.7 Å². The zero-order chi connectivity index (χ0) is 14.2. The second-order valence-corrected chi connectivity index (χ2v) is 5.59. The molecule has 1 aromatic heterocycles. The standard InChI is InChI=1S/C14H18FN3O/c1-9-5-6-11(15)10(7-9)13-17-16-12(8-19)18(13)14(2,3)4/h5-7,19H,8H2,1-4H3. The van der Waals surface area contributed by atoms with E-state index in [1.165, 1.54) is 6.07 Å². The van der Waals surface area contributed by atoms with Crippen molar-refractivity contribution in [2.45, 2.75) is 39.8 Å². The third-order valence-electron chi connectivity index (χ3n) is 2.91. The lowest BCUT2D eigenvalue weighted by Gasteiger charge is -2.24. The molecule has 2 aromatic rings. The number of nitrogens with zero attached hydrogens (tertiary/aromatic N) is 3. The van der Waals surface area contributed by atoms with Gasteiger partial charge >= 0.3 is 0 Å². The van der Waals surface area contributed by atoms with Crippen molar-refractivity contribution in [2.24, 2.45) is 0 Å². The maximum absolute atomic E-state index is 14.0. The van der Waals surface area contributed by atoms with Crippen LogP contribution in [0.15, 0.2) is 18.2 Å². The molecule has 5 heteroatoms. The molecule has 0 unspecified atom stereocenters. The number of hydrogen-bond acceptors (Lipinski definition) is 3. The Labute approximate surface area is 111 Å². The molecule has 19 heavy (non-hydrogen) atoms. The molecule has 0 aliphatic carbocycles. The Morgan fingerprint density at radius 3 is 2.53 bits per heavy atom. The van der Waals surface area contributed by atoms with Gasteiger partial charge in [-0.25, -0.2) is 4.39 Å². The highest BCUT2D eigenvalue weighted by Crippen LogP contribution is 2.28. The summed E-state index contributed by atoms with van der Waals surface area (Å²) in [5.74, 6) is 0.536. The highest BCUT2D eigenvalue weighted by molar-refractivity contribution is 5.58. The molecule has 0 fully saturated rings. The average molecular weight is 263 g/mol. The molecule has 0 atom stereocenters. The van der Waals surface area contributed by atoms with Gasteiger partial charge in [-0.05, 0) is 39.8 Å². The lowest BCUT2D eigenvalue weighted by molar-refractivity contribution is 0.250. The van der Waals surface area contributed by atoms with Crippen molar-refractivity contribution >= 4 is 0 Å². The molecule has 102 valence electrons. The fourth-order valence-electron chi connectivity index (χ4n) is 2.11. The monoisotopic (exact) mass is 263 g/mol. The van der Waals surface area contributed by atoms with Crippen LogP contribution in [0.25, 0.3) is 11.4 Å². The molecule has 0 amide bonds. The molecule has 0 radical (unpaired) electrons. The Morgan fingerprint density at radius 2 is 1.95 bits per heavy atom. The van der Waals surface area contributed by atoms with E-state index in [0.717, 1.165) is 5.56 Å². The molecule has 4 nitrogen and oxygen atoms in total. The number of halogens is 1. The van der Waals surface area contributed by atoms with Gasteiger partial charge in [-0.1, -0.05) is 11.6 Å². The molecule has 0 spiro atoms. The van der Waals surface area contributed by atoms with Crippen molar-refractivity contribution in [3.63, 3.8) is 0 Å². The summed E-state index contributed by atoms with van der Waals surface area (Å²) in [6.07, 6.45) is 0. The molecule has 0 aliphatic heterocycles. The molecule has 1 aromatic carbocycles. The topological polar surface area (TPSA) is 50.9 Å². The van der Waals surface area contributed by atoms with E-state index in [1.807, 2.05) is 27.7 Å². The Hall–Kier alpha value is -1.75. The average Bonchev–Trinajstić information content (AvgIpc) is 2.75. The van der Waals surface area contributed by atoms with Crippen molar-refractivity contribution in [3.05, 3.63) is 35.4 Å². The SMILES string of the molecule is Cc1ccc(F)c(-c2nnc(CO)n2C(C)(C)C)c1. The minimum atomic E-state index is -0.340. The zero-order valence-corrected chi connectivity index (χ0v) is 11.6. The number of aryl methyl sites for hydroxylation is 1. The van der Waals surface area contributed by atoms with Gasteiger partial charge in [-0.3, -0.25) is 0 Å². The normalized spacial score (nSPS) is 11.9. The molecular weight excluding hydrogens is 245 g/mol. The van der Waals surface area contributed by atoms with E-state index in [2.05, 4.69) is 10.2 Å².